The number of alkyl carbamates (subject to hydrolysis) is 1. The van der Waals surface area contributed by atoms with Gasteiger partial charge in [0.25, 0.3) is 0 Å². The lowest BCUT2D eigenvalue weighted by molar-refractivity contribution is -0.129. The topological polar surface area (TPSA) is 123 Å². The first kappa shape index (κ1) is 35.8. The van der Waals surface area contributed by atoms with Crippen LogP contribution < -0.4 is 10.2 Å². The number of hydrogen-bond acceptors (Lipinski definition) is 8. The molecule has 0 bridgehead atoms. The zero-order valence-electron chi connectivity index (χ0n) is 28.4. The molecule has 0 spiro atoms. The van der Waals surface area contributed by atoms with Crippen LogP contribution in [0.15, 0.2) is 66.1 Å². The number of nitrogens with zero attached hydrogens (tertiary/aromatic N) is 4. The smallest absolute Gasteiger partial charge is 0.407 e. The Morgan fingerprint density at radius 1 is 1.12 bits per heavy atom. The molecule has 6 rings (SSSR count). The average Bonchev–Trinajstić information content (AvgIpc) is 3.52. The Balaban J connectivity index is 1.07. The number of likely N-dealkylation sites (tertiary alicyclic amines) is 2. The number of alkyl halides is 1. The predicted octanol–water partition coefficient (Wildman–Crippen LogP) is 4.61. The average molecular weight is 710 g/mol. The van der Waals surface area contributed by atoms with Gasteiger partial charge < -0.3 is 19.9 Å². The number of nitriles is 1. The zero-order valence-corrected chi connectivity index (χ0v) is 29.2. The van der Waals surface area contributed by atoms with Crippen molar-refractivity contribution >= 4 is 27.5 Å². The molecule has 2 aromatic rings. The van der Waals surface area contributed by atoms with E-state index in [1.54, 1.807) is 37.3 Å². The van der Waals surface area contributed by atoms with Crippen LogP contribution in [-0.4, -0.2) is 99.6 Å². The summed E-state index contributed by atoms with van der Waals surface area (Å²) < 4.78 is 61.8. The van der Waals surface area contributed by atoms with Crippen molar-refractivity contribution in [2.45, 2.75) is 66.3 Å². The minimum Gasteiger partial charge on any atom is -0.450 e. The van der Waals surface area contributed by atoms with Crippen LogP contribution in [0.2, 0.25) is 0 Å². The van der Waals surface area contributed by atoms with Crippen molar-refractivity contribution in [2.24, 2.45) is 11.8 Å². The maximum absolute atomic E-state index is 16.0. The minimum absolute atomic E-state index is 0.117. The van der Waals surface area contributed by atoms with E-state index in [4.69, 9.17) is 4.74 Å². The standard InChI is InChI=1S/C37H45F2N5O5S/c1-3-34(45)43-20-31(21-43)50(47,48)30-13-11-29(12-14-30)44-24-36(39,25-44)23-42-17-15-26(16-18-42)37(22-40,27-7-5-8-28(38)19-27)32-9-6-10-33(32)41-35(46)49-4-2/h3,5,7-8,11-14,19,26,31-33H,1,4,6,9-10,15-18,20-21,23-25H2,2H3,(H,41,46)/t32-,33-,37-/m0/s1. The van der Waals surface area contributed by atoms with Crippen molar-refractivity contribution in [1.29, 1.82) is 5.26 Å². The number of amides is 2. The Bertz CT molecular complexity index is 1730. The van der Waals surface area contributed by atoms with Crippen LogP contribution in [0.3, 0.4) is 0 Å². The van der Waals surface area contributed by atoms with Gasteiger partial charge in [-0.05, 0) is 99.7 Å². The first-order valence-corrected chi connectivity index (χ1v) is 19.0. The normalized spacial score (nSPS) is 24.0. The Morgan fingerprint density at radius 3 is 2.44 bits per heavy atom. The van der Waals surface area contributed by atoms with Crippen LogP contribution in [0.4, 0.5) is 19.3 Å². The van der Waals surface area contributed by atoms with Crippen molar-refractivity contribution in [3.8, 4) is 6.07 Å². The van der Waals surface area contributed by atoms with Crippen molar-refractivity contribution in [1.82, 2.24) is 15.1 Å². The molecular weight excluding hydrogens is 665 g/mol. The van der Waals surface area contributed by atoms with Crippen LogP contribution >= 0.6 is 0 Å². The number of sulfone groups is 1. The number of rotatable bonds is 11. The molecule has 0 radical (unpaired) electrons. The Morgan fingerprint density at radius 2 is 1.82 bits per heavy atom. The highest BCUT2D eigenvalue weighted by atomic mass is 32.2. The maximum Gasteiger partial charge on any atom is 0.407 e. The van der Waals surface area contributed by atoms with Crippen LogP contribution in [0.25, 0.3) is 0 Å². The summed E-state index contributed by atoms with van der Waals surface area (Å²) in [6.07, 6.45) is 4.16. The minimum atomic E-state index is -3.59. The van der Waals surface area contributed by atoms with E-state index >= 15 is 4.39 Å². The van der Waals surface area contributed by atoms with Gasteiger partial charge in [0, 0.05) is 37.3 Å². The van der Waals surface area contributed by atoms with Gasteiger partial charge in [0.2, 0.25) is 5.91 Å². The lowest BCUT2D eigenvalue weighted by Gasteiger charge is -2.50. The van der Waals surface area contributed by atoms with Gasteiger partial charge in [-0.3, -0.25) is 9.69 Å². The fraction of sp³-hybridized carbons (Fsp3) is 0.541. The van der Waals surface area contributed by atoms with E-state index in [0.29, 0.717) is 44.3 Å². The van der Waals surface area contributed by atoms with E-state index in [2.05, 4.69) is 22.9 Å². The number of halogens is 2. The second-order valence-electron chi connectivity index (χ2n) is 14.2. The molecule has 2 aromatic carbocycles. The summed E-state index contributed by atoms with van der Waals surface area (Å²) in [5.74, 6) is -1.04. The summed E-state index contributed by atoms with van der Waals surface area (Å²) >= 11 is 0. The number of carbonyl (C=O) groups is 2. The van der Waals surface area contributed by atoms with Crippen LogP contribution in [0.1, 0.15) is 44.6 Å². The number of ether oxygens (including phenoxy) is 1. The van der Waals surface area contributed by atoms with Crippen LogP contribution in [0.5, 0.6) is 0 Å². The zero-order chi connectivity index (χ0) is 35.7. The summed E-state index contributed by atoms with van der Waals surface area (Å²) in [5.41, 5.74) is -1.12. The molecule has 3 atom stereocenters. The molecule has 4 fully saturated rings. The van der Waals surface area contributed by atoms with E-state index in [-0.39, 0.29) is 68.0 Å². The fourth-order valence-corrected chi connectivity index (χ4v) is 10.2. The van der Waals surface area contributed by atoms with Gasteiger partial charge in [-0.25, -0.2) is 22.0 Å². The number of anilines is 1. The van der Waals surface area contributed by atoms with Gasteiger partial charge >= 0.3 is 6.09 Å². The number of benzene rings is 2. The molecule has 1 saturated carbocycles. The molecule has 2 amide bonds. The number of carbonyl (C=O) groups excluding carboxylic acids is 2. The molecule has 1 aliphatic carbocycles. The summed E-state index contributed by atoms with van der Waals surface area (Å²) in [6, 6.07) is 15.1. The molecule has 13 heteroatoms. The first-order chi connectivity index (χ1) is 23.9. The van der Waals surface area contributed by atoms with Gasteiger partial charge in [-0.2, -0.15) is 5.26 Å². The van der Waals surface area contributed by atoms with Crippen molar-refractivity contribution in [3.05, 3.63) is 72.6 Å². The largest absolute Gasteiger partial charge is 0.450 e. The van der Waals surface area contributed by atoms with E-state index in [0.717, 1.165) is 12.1 Å². The van der Waals surface area contributed by atoms with Gasteiger partial charge in [0.05, 0.1) is 36.1 Å². The third kappa shape index (κ3) is 6.84. The molecule has 0 aromatic heterocycles. The first-order valence-electron chi connectivity index (χ1n) is 17.4. The third-order valence-electron chi connectivity index (χ3n) is 11.2. The number of hydrogen-bond donors (Lipinski definition) is 1. The third-order valence-corrected chi connectivity index (χ3v) is 13.3. The van der Waals surface area contributed by atoms with Crippen LogP contribution in [0, 0.1) is 29.0 Å². The summed E-state index contributed by atoms with van der Waals surface area (Å²) in [6.45, 7) is 7.44. The van der Waals surface area contributed by atoms with E-state index < -0.39 is 38.1 Å². The molecule has 0 unspecified atom stereocenters. The van der Waals surface area contributed by atoms with Gasteiger partial charge in [0.15, 0.2) is 15.5 Å². The molecule has 3 aliphatic heterocycles. The van der Waals surface area contributed by atoms with Crippen LogP contribution in [-0.2, 0) is 24.8 Å². The summed E-state index contributed by atoms with van der Waals surface area (Å²) in [7, 11) is -3.59. The van der Waals surface area contributed by atoms with Crippen molar-refractivity contribution < 1.29 is 31.5 Å². The highest BCUT2D eigenvalue weighted by Crippen LogP contribution is 2.50. The molecule has 50 heavy (non-hydrogen) atoms. The number of nitrogens with one attached hydrogen (secondary N) is 1. The second kappa shape index (κ2) is 14.3. The van der Waals surface area contributed by atoms with Gasteiger partial charge in [0.1, 0.15) is 11.1 Å². The Kier molecular flexibility index (Phi) is 10.2. The summed E-state index contributed by atoms with van der Waals surface area (Å²) in [5, 5.41) is 13.2. The molecule has 3 heterocycles. The maximum atomic E-state index is 16.0. The highest BCUT2D eigenvalue weighted by Gasteiger charge is 2.53. The summed E-state index contributed by atoms with van der Waals surface area (Å²) in [4.78, 5) is 29.7. The molecule has 10 nitrogen and oxygen atoms in total. The van der Waals surface area contributed by atoms with Crippen molar-refractivity contribution in [2.75, 3.05) is 57.3 Å². The van der Waals surface area contributed by atoms with E-state index in [1.165, 1.54) is 23.1 Å². The quantitative estimate of drug-likeness (QED) is 0.336. The Labute approximate surface area is 293 Å². The highest BCUT2D eigenvalue weighted by molar-refractivity contribution is 7.92. The monoisotopic (exact) mass is 709 g/mol. The lowest BCUT2D eigenvalue weighted by atomic mass is 9.59. The molecule has 1 N–H and O–H groups in total. The van der Waals surface area contributed by atoms with Gasteiger partial charge in [-0.15, -0.1) is 0 Å². The Hall–Kier alpha value is -4.02. The van der Waals surface area contributed by atoms with E-state index in [1.807, 2.05) is 11.0 Å². The predicted molar refractivity (Wildman–Crippen MR) is 184 cm³/mol. The van der Waals surface area contributed by atoms with Gasteiger partial charge in [-0.1, -0.05) is 25.1 Å². The fourth-order valence-electron chi connectivity index (χ4n) is 8.59. The molecule has 268 valence electrons. The second-order valence-corrected chi connectivity index (χ2v) is 16.4. The lowest BCUT2D eigenvalue weighted by Crippen LogP contribution is -2.64. The molecule has 3 saturated heterocycles. The number of piperidine rings is 1. The molecular formula is C37H45F2N5O5S. The van der Waals surface area contributed by atoms with Crippen molar-refractivity contribution in [3.63, 3.8) is 0 Å². The molecule has 4 aliphatic rings. The SMILES string of the molecule is C=CC(=O)N1CC(S(=O)(=O)c2ccc(N3CC(F)(CN4CCC([C@@](C#N)(c5cccc(F)c5)[C@H]5CCC[C@@H]5NC(=O)OCC)CC4)C3)cc2)C1. The van der Waals surface area contributed by atoms with E-state index in [9.17, 15) is 27.7 Å².